The van der Waals surface area contributed by atoms with Crippen LogP contribution in [0.4, 0.5) is 0 Å². The first kappa shape index (κ1) is 12.6. The smallest absolute Gasteiger partial charge is 0.348 e. The van der Waals surface area contributed by atoms with E-state index in [2.05, 4.69) is 10.2 Å². The van der Waals surface area contributed by atoms with Gasteiger partial charge in [0.25, 0.3) is 0 Å². The van der Waals surface area contributed by atoms with E-state index in [9.17, 15) is 14.4 Å². The molecule has 0 aliphatic carbocycles. The van der Waals surface area contributed by atoms with Crippen LogP contribution in [0.5, 0.6) is 0 Å². The second kappa shape index (κ2) is 4.81. The zero-order chi connectivity index (χ0) is 14.0. The van der Waals surface area contributed by atoms with E-state index in [1.165, 1.54) is 6.08 Å². The maximum absolute atomic E-state index is 11.5. The third-order valence-electron chi connectivity index (χ3n) is 2.56. The van der Waals surface area contributed by atoms with Crippen molar-refractivity contribution in [1.82, 2.24) is 14.8 Å². The molecule has 1 aromatic heterocycles. The van der Waals surface area contributed by atoms with Gasteiger partial charge in [-0.25, -0.2) is 29.1 Å². The van der Waals surface area contributed by atoms with Crippen LogP contribution in [-0.2, 0) is 4.79 Å². The number of aromatic nitrogens is 3. The monoisotopic (exact) mass is 261 g/mol. The predicted octanol–water partition coefficient (Wildman–Crippen LogP) is 0.260. The Morgan fingerprint density at radius 1 is 1.26 bits per heavy atom. The van der Waals surface area contributed by atoms with Crippen molar-refractivity contribution in [2.75, 3.05) is 0 Å². The fraction of sp³-hybridized carbons (Fsp3) is 0.0833. The summed E-state index contributed by atoms with van der Waals surface area (Å²) in [5.41, 5.74) is 0.687. The van der Waals surface area contributed by atoms with E-state index < -0.39 is 17.3 Å². The van der Waals surface area contributed by atoms with Crippen molar-refractivity contribution in [3.63, 3.8) is 0 Å². The van der Waals surface area contributed by atoms with Gasteiger partial charge in [-0.05, 0) is 36.3 Å². The third kappa shape index (κ3) is 2.54. The standard InChI is InChI=1S/C12H11N3O4/c1-7-6-8(3-5-10(16)17)2-4-9(7)15-11(18)13-14-12(15)19/h2-6H,1H3,(H,13,18)(H,14,19)(H,16,17)/b5-3+. The number of nitrogens with one attached hydrogen (secondary N) is 2. The number of carbonyl (C=O) groups is 1. The van der Waals surface area contributed by atoms with E-state index in [0.29, 0.717) is 16.8 Å². The highest BCUT2D eigenvalue weighted by Crippen LogP contribution is 2.14. The molecule has 3 N–H and O–H groups in total. The van der Waals surface area contributed by atoms with Crippen LogP contribution in [0.1, 0.15) is 11.1 Å². The van der Waals surface area contributed by atoms with Crippen molar-refractivity contribution in [2.45, 2.75) is 6.92 Å². The van der Waals surface area contributed by atoms with E-state index in [1.807, 2.05) is 0 Å². The van der Waals surface area contributed by atoms with Gasteiger partial charge in [0.2, 0.25) is 0 Å². The lowest BCUT2D eigenvalue weighted by Gasteiger charge is -2.05. The van der Waals surface area contributed by atoms with Crippen molar-refractivity contribution < 1.29 is 9.90 Å². The summed E-state index contributed by atoms with van der Waals surface area (Å²) < 4.78 is 0.972. The minimum atomic E-state index is -1.04. The number of H-pyrrole nitrogens is 2. The highest BCUT2D eigenvalue weighted by Gasteiger charge is 2.08. The number of aryl methyl sites for hydroxylation is 1. The first-order valence-electron chi connectivity index (χ1n) is 5.41. The quantitative estimate of drug-likeness (QED) is 0.688. The van der Waals surface area contributed by atoms with Gasteiger partial charge in [0, 0.05) is 6.08 Å². The molecule has 0 aliphatic rings. The van der Waals surface area contributed by atoms with Crippen molar-refractivity contribution >= 4 is 12.0 Å². The van der Waals surface area contributed by atoms with E-state index >= 15 is 0 Å². The molecule has 1 heterocycles. The lowest BCUT2D eigenvalue weighted by atomic mass is 10.1. The van der Waals surface area contributed by atoms with Crippen LogP contribution in [0.25, 0.3) is 11.8 Å². The van der Waals surface area contributed by atoms with Gasteiger partial charge in [-0.1, -0.05) is 6.07 Å². The van der Waals surface area contributed by atoms with Gasteiger partial charge < -0.3 is 5.11 Å². The molecule has 0 saturated heterocycles. The van der Waals surface area contributed by atoms with Gasteiger partial charge in [-0.3, -0.25) is 0 Å². The number of nitrogens with zero attached hydrogens (tertiary/aromatic N) is 1. The van der Waals surface area contributed by atoms with Crippen LogP contribution >= 0.6 is 0 Å². The summed E-state index contributed by atoms with van der Waals surface area (Å²) >= 11 is 0. The fourth-order valence-electron chi connectivity index (χ4n) is 1.73. The Kier molecular flexibility index (Phi) is 3.19. The Morgan fingerprint density at radius 3 is 2.42 bits per heavy atom. The topological polar surface area (TPSA) is 108 Å². The molecule has 2 aromatic rings. The molecule has 0 unspecified atom stereocenters. The summed E-state index contributed by atoms with van der Waals surface area (Å²) in [5, 5.41) is 12.9. The van der Waals surface area contributed by atoms with Gasteiger partial charge in [-0.15, -0.1) is 0 Å². The molecule has 0 spiro atoms. The van der Waals surface area contributed by atoms with E-state index in [1.54, 1.807) is 25.1 Å². The summed E-state index contributed by atoms with van der Waals surface area (Å²) in [6, 6.07) is 4.90. The number of aromatic amines is 2. The van der Waals surface area contributed by atoms with Crippen molar-refractivity contribution in [2.24, 2.45) is 0 Å². The number of benzene rings is 1. The van der Waals surface area contributed by atoms with Crippen LogP contribution in [0, 0.1) is 6.92 Å². The zero-order valence-corrected chi connectivity index (χ0v) is 10.0. The maximum atomic E-state index is 11.5. The Hall–Kier alpha value is -2.83. The van der Waals surface area contributed by atoms with Crippen molar-refractivity contribution in [3.8, 4) is 5.69 Å². The lowest BCUT2D eigenvalue weighted by molar-refractivity contribution is -0.131. The highest BCUT2D eigenvalue weighted by molar-refractivity contribution is 5.85. The summed E-state index contributed by atoms with van der Waals surface area (Å²) in [7, 11) is 0. The molecule has 98 valence electrons. The van der Waals surface area contributed by atoms with Crippen molar-refractivity contribution in [1.29, 1.82) is 0 Å². The average Bonchev–Trinajstić information content (AvgIpc) is 2.67. The minimum absolute atomic E-state index is 0.444. The number of hydrogen-bond acceptors (Lipinski definition) is 3. The predicted molar refractivity (Wildman–Crippen MR) is 68.4 cm³/mol. The summed E-state index contributed by atoms with van der Waals surface area (Å²) in [5.74, 6) is -1.04. The van der Waals surface area contributed by atoms with E-state index in [4.69, 9.17) is 5.11 Å². The van der Waals surface area contributed by atoms with Crippen LogP contribution < -0.4 is 11.4 Å². The Balaban J connectivity index is 2.49. The average molecular weight is 261 g/mol. The van der Waals surface area contributed by atoms with Crippen LogP contribution in [-0.4, -0.2) is 25.8 Å². The Labute approximate surface area is 106 Å². The number of carboxylic acids is 1. The number of hydrogen-bond donors (Lipinski definition) is 3. The third-order valence-corrected chi connectivity index (χ3v) is 2.56. The fourth-order valence-corrected chi connectivity index (χ4v) is 1.73. The molecule has 0 saturated carbocycles. The summed E-state index contributed by atoms with van der Waals surface area (Å²) in [6.07, 6.45) is 2.45. The normalized spacial score (nSPS) is 11.0. The molecule has 2 rings (SSSR count). The van der Waals surface area contributed by atoms with Gasteiger partial charge in [-0.2, -0.15) is 0 Å². The number of rotatable bonds is 3. The largest absolute Gasteiger partial charge is 0.478 e. The van der Waals surface area contributed by atoms with Gasteiger partial charge in [0.05, 0.1) is 5.69 Å². The molecule has 7 nitrogen and oxygen atoms in total. The molecule has 0 atom stereocenters. The molecule has 0 radical (unpaired) electrons. The zero-order valence-electron chi connectivity index (χ0n) is 10.0. The number of carboxylic acid groups (broad SMARTS) is 1. The summed E-state index contributed by atoms with van der Waals surface area (Å²) in [4.78, 5) is 33.4. The van der Waals surface area contributed by atoms with Crippen LogP contribution in [0.2, 0.25) is 0 Å². The van der Waals surface area contributed by atoms with Crippen LogP contribution in [0.15, 0.2) is 33.9 Å². The second-order valence-corrected chi connectivity index (χ2v) is 3.91. The lowest BCUT2D eigenvalue weighted by Crippen LogP contribution is -2.25. The minimum Gasteiger partial charge on any atom is -0.478 e. The molecule has 0 amide bonds. The van der Waals surface area contributed by atoms with E-state index in [-0.39, 0.29) is 0 Å². The molecule has 7 heteroatoms. The molecular formula is C12H11N3O4. The van der Waals surface area contributed by atoms with Gasteiger partial charge in [0.15, 0.2) is 0 Å². The number of aliphatic carboxylic acids is 1. The first-order chi connectivity index (χ1) is 8.99. The second-order valence-electron chi connectivity index (χ2n) is 3.91. The van der Waals surface area contributed by atoms with Gasteiger partial charge >= 0.3 is 17.3 Å². The summed E-state index contributed by atoms with van der Waals surface area (Å²) in [6.45, 7) is 1.73. The molecular weight excluding hydrogens is 250 g/mol. The Bertz CT molecular complexity index is 736. The molecule has 1 aromatic carbocycles. The highest BCUT2D eigenvalue weighted by atomic mass is 16.4. The molecule has 0 fully saturated rings. The van der Waals surface area contributed by atoms with Gasteiger partial charge in [0.1, 0.15) is 0 Å². The van der Waals surface area contributed by atoms with E-state index in [0.717, 1.165) is 10.6 Å². The first-order valence-corrected chi connectivity index (χ1v) is 5.41. The van der Waals surface area contributed by atoms with Crippen LogP contribution in [0.3, 0.4) is 0 Å². The molecule has 19 heavy (non-hydrogen) atoms. The SMILES string of the molecule is Cc1cc(/C=C/C(=O)O)ccc1-n1c(=O)[nH][nH]c1=O. The molecule has 0 bridgehead atoms. The molecule has 0 aliphatic heterocycles. The Morgan fingerprint density at radius 2 is 1.89 bits per heavy atom. The maximum Gasteiger partial charge on any atom is 0.348 e. The van der Waals surface area contributed by atoms with Crippen molar-refractivity contribution in [3.05, 3.63) is 56.4 Å².